The molecule has 0 radical (unpaired) electrons. The summed E-state index contributed by atoms with van der Waals surface area (Å²) in [5.41, 5.74) is 0. The number of rotatable bonds is 3. The predicted molar refractivity (Wildman–Crippen MR) is 55.8 cm³/mol. The fraction of sp³-hybridized carbons (Fsp3) is 0. The lowest BCUT2D eigenvalue weighted by molar-refractivity contribution is 0.401. The van der Waals surface area contributed by atoms with Crippen molar-refractivity contribution in [2.75, 3.05) is 0 Å². The number of hydrogen-bond acceptors (Lipinski definition) is 4. The fourth-order valence-electron chi connectivity index (χ4n) is 0.793. The van der Waals surface area contributed by atoms with Crippen LogP contribution in [-0.2, 0) is 13.6 Å². The van der Waals surface area contributed by atoms with Crippen molar-refractivity contribution in [2.24, 2.45) is 0 Å². The van der Waals surface area contributed by atoms with Crippen LogP contribution < -0.4 is 4.52 Å². The summed E-state index contributed by atoms with van der Waals surface area (Å²) in [6.45, 7) is -4.15. The van der Waals surface area contributed by atoms with Crippen LogP contribution in [0.15, 0.2) is 29.2 Å². The summed E-state index contributed by atoms with van der Waals surface area (Å²) in [5.74, 6) is -0.0279. The van der Waals surface area contributed by atoms with Gasteiger partial charge in [-0.15, -0.1) is 0 Å². The summed E-state index contributed by atoms with van der Waals surface area (Å²) in [6.07, 6.45) is 0. The standard InChI is InChI=1S/C6H5Cl2O5PS/c7-14(9,10)13-5-1-3-6(4-2-5)15(8,11)12/h1-4H,(H,9,10). The average molecular weight is 291 g/mol. The molecular weight excluding hydrogens is 286 g/mol. The van der Waals surface area contributed by atoms with Crippen LogP contribution in [0.3, 0.4) is 0 Å². The van der Waals surface area contributed by atoms with Crippen LogP contribution in [-0.4, -0.2) is 13.3 Å². The Balaban J connectivity index is 2.97. The van der Waals surface area contributed by atoms with Crippen LogP contribution in [0.5, 0.6) is 5.75 Å². The Hall–Kier alpha value is -0.260. The highest BCUT2D eigenvalue weighted by molar-refractivity contribution is 8.13. The lowest BCUT2D eigenvalue weighted by Gasteiger charge is -2.05. The Kier molecular flexibility index (Phi) is 3.68. The van der Waals surface area contributed by atoms with Gasteiger partial charge in [0.2, 0.25) is 0 Å². The van der Waals surface area contributed by atoms with Crippen molar-refractivity contribution >= 4 is 37.9 Å². The summed E-state index contributed by atoms with van der Waals surface area (Å²) in [4.78, 5) is 8.51. The molecule has 0 aliphatic carbocycles. The molecule has 0 heterocycles. The fourth-order valence-corrected chi connectivity index (χ4v) is 2.18. The molecule has 1 aromatic carbocycles. The Labute approximate surface area is 95.3 Å². The third-order valence-corrected chi connectivity index (χ3v) is 3.34. The van der Waals surface area contributed by atoms with Gasteiger partial charge in [0.15, 0.2) is 0 Å². The molecule has 0 spiro atoms. The molecule has 1 aromatic rings. The predicted octanol–water partition coefficient (Wildman–Crippen LogP) is 2.33. The molecule has 0 saturated carbocycles. The third-order valence-electron chi connectivity index (χ3n) is 1.32. The van der Waals surface area contributed by atoms with Gasteiger partial charge in [-0.1, -0.05) is 0 Å². The average Bonchev–Trinajstić information content (AvgIpc) is 2.00. The second kappa shape index (κ2) is 4.31. The van der Waals surface area contributed by atoms with Crippen molar-refractivity contribution < 1.29 is 22.4 Å². The number of halogens is 2. The molecule has 1 rings (SSSR count). The smallest absolute Gasteiger partial charge is 0.413 e. The van der Waals surface area contributed by atoms with Crippen molar-refractivity contribution in [1.29, 1.82) is 0 Å². The summed E-state index contributed by atoms with van der Waals surface area (Å²) in [7, 11) is 1.23. The molecule has 0 aromatic heterocycles. The molecule has 0 amide bonds. The van der Waals surface area contributed by atoms with Crippen molar-refractivity contribution in [1.82, 2.24) is 0 Å². The molecule has 1 unspecified atom stereocenters. The first-order chi connectivity index (χ1) is 6.68. The zero-order chi connectivity index (χ0) is 11.7. The number of benzene rings is 1. The van der Waals surface area contributed by atoms with E-state index >= 15 is 0 Å². The van der Waals surface area contributed by atoms with E-state index in [9.17, 15) is 13.0 Å². The summed E-state index contributed by atoms with van der Waals surface area (Å²) in [6, 6.07) is 4.59. The van der Waals surface area contributed by atoms with Gasteiger partial charge < -0.3 is 9.42 Å². The van der Waals surface area contributed by atoms with E-state index in [2.05, 4.69) is 4.52 Å². The Morgan fingerprint density at radius 2 is 1.73 bits per heavy atom. The van der Waals surface area contributed by atoms with Crippen LogP contribution in [0, 0.1) is 0 Å². The molecule has 1 N–H and O–H groups in total. The van der Waals surface area contributed by atoms with Gasteiger partial charge in [0.05, 0.1) is 4.90 Å². The minimum absolute atomic E-state index is 0.0279. The molecule has 0 saturated heterocycles. The van der Waals surface area contributed by atoms with Crippen LogP contribution in [0.4, 0.5) is 0 Å². The maximum Gasteiger partial charge on any atom is 0.474 e. The molecule has 0 aliphatic heterocycles. The van der Waals surface area contributed by atoms with Crippen LogP contribution >= 0.6 is 28.9 Å². The molecule has 1 atom stereocenters. The molecule has 0 aliphatic rings. The van der Waals surface area contributed by atoms with E-state index < -0.39 is 16.0 Å². The van der Waals surface area contributed by atoms with E-state index in [1.165, 1.54) is 12.1 Å². The highest BCUT2D eigenvalue weighted by Crippen LogP contribution is 2.47. The van der Waals surface area contributed by atoms with Gasteiger partial charge >= 0.3 is 6.95 Å². The van der Waals surface area contributed by atoms with Crippen molar-refractivity contribution in [3.8, 4) is 5.75 Å². The topological polar surface area (TPSA) is 80.7 Å². The molecule has 84 valence electrons. The SMILES string of the molecule is O=P(O)(Cl)Oc1ccc(S(=O)(=O)Cl)cc1. The lowest BCUT2D eigenvalue weighted by atomic mass is 10.3. The first kappa shape index (κ1) is 12.8. The van der Waals surface area contributed by atoms with E-state index in [-0.39, 0.29) is 10.6 Å². The molecule has 15 heavy (non-hydrogen) atoms. The van der Waals surface area contributed by atoms with Gasteiger partial charge in [-0.25, -0.2) is 13.0 Å². The zero-order valence-corrected chi connectivity index (χ0v) is 10.2. The van der Waals surface area contributed by atoms with Crippen LogP contribution in [0.2, 0.25) is 0 Å². The van der Waals surface area contributed by atoms with E-state index in [4.69, 9.17) is 26.8 Å². The Bertz CT molecular complexity index is 491. The summed E-state index contributed by atoms with van der Waals surface area (Å²) < 4.78 is 36.7. The zero-order valence-electron chi connectivity index (χ0n) is 7.00. The van der Waals surface area contributed by atoms with Gasteiger partial charge in [0, 0.05) is 21.9 Å². The van der Waals surface area contributed by atoms with Gasteiger partial charge in [-0.3, -0.25) is 0 Å². The number of hydrogen-bond donors (Lipinski definition) is 1. The highest BCUT2D eigenvalue weighted by Gasteiger charge is 2.16. The minimum Gasteiger partial charge on any atom is -0.413 e. The molecule has 9 heteroatoms. The van der Waals surface area contributed by atoms with Crippen molar-refractivity contribution in [3.05, 3.63) is 24.3 Å². The monoisotopic (exact) mass is 290 g/mol. The van der Waals surface area contributed by atoms with Gasteiger partial charge in [0.1, 0.15) is 5.75 Å². The quantitative estimate of drug-likeness (QED) is 0.682. The molecular formula is C6H5Cl2O5PS. The largest absolute Gasteiger partial charge is 0.474 e. The Morgan fingerprint density at radius 1 is 1.27 bits per heavy atom. The maximum absolute atomic E-state index is 10.8. The van der Waals surface area contributed by atoms with Gasteiger partial charge in [-0.05, 0) is 24.3 Å². The summed E-state index contributed by atoms with van der Waals surface area (Å²) in [5, 5.41) is 0. The Morgan fingerprint density at radius 3 is 2.07 bits per heavy atom. The molecule has 0 bridgehead atoms. The lowest BCUT2D eigenvalue weighted by Crippen LogP contribution is -1.91. The van der Waals surface area contributed by atoms with E-state index in [0.29, 0.717) is 0 Å². The maximum atomic E-state index is 10.8. The van der Waals surface area contributed by atoms with Gasteiger partial charge in [-0.2, -0.15) is 0 Å². The van der Waals surface area contributed by atoms with E-state index in [0.717, 1.165) is 12.1 Å². The first-order valence-electron chi connectivity index (χ1n) is 3.45. The highest BCUT2D eigenvalue weighted by atomic mass is 35.7. The molecule has 5 nitrogen and oxygen atoms in total. The van der Waals surface area contributed by atoms with E-state index in [1.54, 1.807) is 0 Å². The third kappa shape index (κ3) is 4.40. The van der Waals surface area contributed by atoms with Crippen LogP contribution in [0.25, 0.3) is 0 Å². The first-order valence-corrected chi connectivity index (χ1v) is 8.24. The van der Waals surface area contributed by atoms with Crippen molar-refractivity contribution in [3.63, 3.8) is 0 Å². The van der Waals surface area contributed by atoms with Crippen molar-refractivity contribution in [2.45, 2.75) is 4.90 Å². The second-order valence-corrected chi connectivity index (χ2v) is 7.39. The summed E-state index contributed by atoms with van der Waals surface area (Å²) >= 11 is 4.94. The van der Waals surface area contributed by atoms with Crippen LogP contribution in [0.1, 0.15) is 0 Å². The van der Waals surface area contributed by atoms with E-state index in [1.807, 2.05) is 0 Å². The molecule has 0 fully saturated rings. The normalized spacial score (nSPS) is 15.7. The van der Waals surface area contributed by atoms with Gasteiger partial charge in [0.25, 0.3) is 9.05 Å². The minimum atomic E-state index is -4.15. The second-order valence-electron chi connectivity index (χ2n) is 2.45.